The summed E-state index contributed by atoms with van der Waals surface area (Å²) in [6.45, 7) is 1.02. The van der Waals surface area contributed by atoms with Crippen molar-refractivity contribution < 1.29 is 0 Å². The molecule has 0 atom stereocenters. The van der Waals surface area contributed by atoms with Gasteiger partial charge in [-0.15, -0.1) is 0 Å². The highest BCUT2D eigenvalue weighted by Gasteiger charge is 2.16. The first-order chi connectivity index (χ1) is 14.7. The zero-order chi connectivity index (χ0) is 20.5. The van der Waals surface area contributed by atoms with Gasteiger partial charge in [-0.3, -0.25) is 4.79 Å². The lowest BCUT2D eigenvalue weighted by Crippen LogP contribution is -2.25. The summed E-state index contributed by atoms with van der Waals surface area (Å²) in [5.74, 6) is 0. The zero-order valence-corrected chi connectivity index (χ0v) is 17.3. The van der Waals surface area contributed by atoms with Crippen LogP contribution in [0, 0.1) is 0 Å². The highest BCUT2D eigenvalue weighted by Crippen LogP contribution is 2.22. The summed E-state index contributed by atoms with van der Waals surface area (Å²) in [6.07, 6.45) is 3.67. The Bertz CT molecular complexity index is 1400. The average Bonchev–Trinajstić information content (AvgIpc) is 3.14. The topological polar surface area (TPSA) is 52.7 Å². The fourth-order valence-corrected chi connectivity index (χ4v) is 4.40. The fourth-order valence-electron chi connectivity index (χ4n) is 3.84. The van der Waals surface area contributed by atoms with E-state index in [4.69, 9.17) is 0 Å². The molecule has 0 aliphatic carbocycles. The van der Waals surface area contributed by atoms with Gasteiger partial charge in [0.15, 0.2) is 5.16 Å². The first-order valence-corrected chi connectivity index (χ1v) is 11.0. The van der Waals surface area contributed by atoms with E-state index < -0.39 is 0 Å². The van der Waals surface area contributed by atoms with Gasteiger partial charge in [-0.2, -0.15) is 5.10 Å². The standard InChI is InChI=1S/C24H20N4OS/c1-30-24-26-21-14-25-28(16-19-12-7-11-18-10-5-6-13-20(18)19)23(29)22(21)27(24)15-17-8-3-2-4-9-17/h2-14H,15-16H2,1H3. The van der Waals surface area contributed by atoms with Gasteiger partial charge in [0.25, 0.3) is 5.56 Å². The third kappa shape index (κ3) is 3.29. The number of hydrogen-bond donors (Lipinski definition) is 0. The van der Waals surface area contributed by atoms with Gasteiger partial charge in [-0.05, 0) is 28.2 Å². The Morgan fingerprint density at radius 1 is 0.900 bits per heavy atom. The molecule has 5 rings (SSSR count). The van der Waals surface area contributed by atoms with Crippen LogP contribution < -0.4 is 5.56 Å². The molecule has 5 aromatic rings. The smallest absolute Gasteiger partial charge is 0.293 e. The third-order valence-electron chi connectivity index (χ3n) is 5.28. The molecule has 0 saturated carbocycles. The maximum absolute atomic E-state index is 13.4. The first-order valence-electron chi connectivity index (χ1n) is 9.75. The van der Waals surface area contributed by atoms with Crippen molar-refractivity contribution in [3.63, 3.8) is 0 Å². The van der Waals surface area contributed by atoms with Crippen LogP contribution in [-0.2, 0) is 13.1 Å². The Labute approximate surface area is 178 Å². The molecular weight excluding hydrogens is 392 g/mol. The molecule has 0 N–H and O–H groups in total. The van der Waals surface area contributed by atoms with Crippen LogP contribution in [0.15, 0.2) is 88.9 Å². The highest BCUT2D eigenvalue weighted by atomic mass is 32.2. The average molecular weight is 413 g/mol. The summed E-state index contributed by atoms with van der Waals surface area (Å²) >= 11 is 1.54. The first kappa shape index (κ1) is 18.6. The van der Waals surface area contributed by atoms with Gasteiger partial charge in [0, 0.05) is 0 Å². The molecule has 0 fully saturated rings. The monoisotopic (exact) mass is 412 g/mol. The number of imidazole rings is 1. The normalized spacial score (nSPS) is 11.4. The minimum Gasteiger partial charge on any atom is -0.310 e. The summed E-state index contributed by atoms with van der Waals surface area (Å²) in [7, 11) is 0. The molecule has 0 radical (unpaired) electrons. The van der Waals surface area contributed by atoms with Gasteiger partial charge in [-0.25, -0.2) is 9.67 Å². The Kier molecular flexibility index (Phi) is 4.85. The summed E-state index contributed by atoms with van der Waals surface area (Å²) in [5, 5.41) is 7.53. The minimum atomic E-state index is -0.121. The van der Waals surface area contributed by atoms with E-state index in [-0.39, 0.29) is 5.56 Å². The Hall–Kier alpha value is -3.38. The molecule has 30 heavy (non-hydrogen) atoms. The number of rotatable bonds is 5. The van der Waals surface area contributed by atoms with Crippen LogP contribution in [-0.4, -0.2) is 25.6 Å². The van der Waals surface area contributed by atoms with Crippen molar-refractivity contribution in [2.75, 3.05) is 6.26 Å². The van der Waals surface area contributed by atoms with Crippen molar-refractivity contribution >= 4 is 33.6 Å². The number of hydrogen-bond acceptors (Lipinski definition) is 4. The fraction of sp³-hybridized carbons (Fsp3) is 0.125. The quantitative estimate of drug-likeness (QED) is 0.397. The lowest BCUT2D eigenvalue weighted by atomic mass is 10.0. The van der Waals surface area contributed by atoms with E-state index in [1.807, 2.05) is 47.2 Å². The molecule has 6 heteroatoms. The molecule has 0 saturated heterocycles. The lowest BCUT2D eigenvalue weighted by molar-refractivity contribution is 0.641. The second-order valence-electron chi connectivity index (χ2n) is 7.15. The predicted octanol–water partition coefficient (Wildman–Crippen LogP) is 4.56. The number of thioether (sulfide) groups is 1. The molecule has 0 spiro atoms. The molecule has 148 valence electrons. The highest BCUT2D eigenvalue weighted by molar-refractivity contribution is 7.98. The lowest BCUT2D eigenvalue weighted by Gasteiger charge is -2.10. The predicted molar refractivity (Wildman–Crippen MR) is 122 cm³/mol. The van der Waals surface area contributed by atoms with Crippen molar-refractivity contribution in [2.45, 2.75) is 18.2 Å². The van der Waals surface area contributed by atoms with Crippen LogP contribution in [0.5, 0.6) is 0 Å². The molecule has 0 aliphatic heterocycles. The molecular formula is C24H20N4OS. The number of nitrogens with zero attached hydrogens (tertiary/aromatic N) is 4. The van der Waals surface area contributed by atoms with E-state index >= 15 is 0 Å². The second-order valence-corrected chi connectivity index (χ2v) is 7.92. The Morgan fingerprint density at radius 2 is 1.67 bits per heavy atom. The van der Waals surface area contributed by atoms with E-state index in [1.54, 1.807) is 6.20 Å². The van der Waals surface area contributed by atoms with Crippen molar-refractivity contribution in [1.29, 1.82) is 0 Å². The van der Waals surface area contributed by atoms with Crippen molar-refractivity contribution in [3.05, 3.63) is 100 Å². The number of fused-ring (bicyclic) bond motifs is 2. The van der Waals surface area contributed by atoms with Gasteiger partial charge in [0.05, 0.1) is 19.3 Å². The van der Waals surface area contributed by atoms with E-state index in [1.165, 1.54) is 16.4 Å². The molecule has 3 aromatic carbocycles. The van der Waals surface area contributed by atoms with Gasteiger partial charge in [0.2, 0.25) is 0 Å². The van der Waals surface area contributed by atoms with Crippen LogP contribution in [0.2, 0.25) is 0 Å². The number of benzene rings is 3. The van der Waals surface area contributed by atoms with Gasteiger partial charge < -0.3 is 4.57 Å². The molecule has 0 amide bonds. The third-order valence-corrected chi connectivity index (χ3v) is 5.96. The molecule has 2 heterocycles. The molecule has 5 nitrogen and oxygen atoms in total. The second kappa shape index (κ2) is 7.80. The van der Waals surface area contributed by atoms with Crippen molar-refractivity contribution in [1.82, 2.24) is 19.3 Å². The molecule has 0 aliphatic rings. The van der Waals surface area contributed by atoms with Crippen LogP contribution in [0.1, 0.15) is 11.1 Å². The van der Waals surface area contributed by atoms with Gasteiger partial charge in [0.1, 0.15) is 11.0 Å². The van der Waals surface area contributed by atoms with Crippen LogP contribution in [0.3, 0.4) is 0 Å². The van der Waals surface area contributed by atoms with Crippen LogP contribution in [0.25, 0.3) is 21.8 Å². The van der Waals surface area contributed by atoms with E-state index in [0.29, 0.717) is 24.1 Å². The molecule has 0 bridgehead atoms. The largest absolute Gasteiger partial charge is 0.310 e. The summed E-state index contributed by atoms with van der Waals surface area (Å²) < 4.78 is 3.54. The van der Waals surface area contributed by atoms with Gasteiger partial charge in [-0.1, -0.05) is 84.6 Å². The van der Waals surface area contributed by atoms with E-state index in [0.717, 1.165) is 27.1 Å². The van der Waals surface area contributed by atoms with Gasteiger partial charge >= 0.3 is 0 Å². The summed E-state index contributed by atoms with van der Waals surface area (Å²) in [4.78, 5) is 18.1. The Morgan fingerprint density at radius 3 is 2.50 bits per heavy atom. The van der Waals surface area contributed by atoms with Crippen molar-refractivity contribution in [2.24, 2.45) is 0 Å². The summed E-state index contributed by atoms with van der Waals surface area (Å²) in [6, 6.07) is 24.5. The molecule has 0 unspecified atom stereocenters. The SMILES string of the molecule is CSc1nc2cnn(Cc3cccc4ccccc34)c(=O)c2n1Cc1ccccc1. The summed E-state index contributed by atoms with van der Waals surface area (Å²) in [5.41, 5.74) is 3.31. The molecule has 2 aromatic heterocycles. The van der Waals surface area contributed by atoms with E-state index in [2.05, 4.69) is 46.5 Å². The maximum Gasteiger partial charge on any atom is 0.293 e. The maximum atomic E-state index is 13.4. The minimum absolute atomic E-state index is 0.121. The Balaban J connectivity index is 1.63. The van der Waals surface area contributed by atoms with Crippen LogP contribution in [0.4, 0.5) is 0 Å². The zero-order valence-electron chi connectivity index (χ0n) is 16.5. The van der Waals surface area contributed by atoms with E-state index in [9.17, 15) is 4.79 Å². The van der Waals surface area contributed by atoms with Crippen molar-refractivity contribution in [3.8, 4) is 0 Å². The number of aromatic nitrogens is 4. The van der Waals surface area contributed by atoms with Crippen LogP contribution >= 0.6 is 11.8 Å².